The van der Waals surface area contributed by atoms with Crippen molar-refractivity contribution in [1.82, 2.24) is 26.1 Å². The van der Waals surface area contributed by atoms with E-state index in [-0.39, 0.29) is 23.8 Å². The Labute approximate surface area is 256 Å². The quantitative estimate of drug-likeness (QED) is 0.364. The number of aliphatic hydroxyl groups excluding tert-OH is 1. The zero-order valence-corrected chi connectivity index (χ0v) is 25.3. The summed E-state index contributed by atoms with van der Waals surface area (Å²) in [6.45, 7) is 3.87. The predicted octanol–water partition coefficient (Wildman–Crippen LogP) is 2.68. The molecular formula is C33H41N5O6. The molecule has 1 aromatic carbocycles. The molecule has 4 aliphatic rings. The molecule has 1 spiro atoms. The lowest BCUT2D eigenvalue weighted by Gasteiger charge is -2.36. The molecule has 5 bridgehead atoms. The number of carbonyl (C=O) groups excluding carboxylic acids is 4. The number of fused-ring (bicyclic) bond motifs is 4. The zero-order chi connectivity index (χ0) is 31.0. The second kappa shape index (κ2) is 12.3. The molecule has 3 heterocycles. The molecule has 2 aromatic rings. The molecule has 3 fully saturated rings. The highest BCUT2D eigenvalue weighted by Gasteiger charge is 2.46. The lowest BCUT2D eigenvalue weighted by molar-refractivity contribution is -0.167. The van der Waals surface area contributed by atoms with Crippen molar-refractivity contribution < 1.29 is 29.0 Å². The molecular weight excluding hydrogens is 562 g/mol. The van der Waals surface area contributed by atoms with Gasteiger partial charge in [-0.3, -0.25) is 29.2 Å². The van der Waals surface area contributed by atoms with Crippen LogP contribution in [0, 0.1) is 11.3 Å². The van der Waals surface area contributed by atoms with Crippen molar-refractivity contribution >= 4 is 40.7 Å². The van der Waals surface area contributed by atoms with Crippen molar-refractivity contribution in [3.05, 3.63) is 47.7 Å². The number of rotatable bonds is 1. The number of pyridine rings is 1. The van der Waals surface area contributed by atoms with Crippen molar-refractivity contribution in [3.8, 4) is 0 Å². The number of benzene rings is 1. The number of nitrogens with zero attached hydrogens (tertiary/aromatic N) is 2. The number of hydrazine groups is 1. The van der Waals surface area contributed by atoms with Crippen LogP contribution in [-0.4, -0.2) is 69.6 Å². The summed E-state index contributed by atoms with van der Waals surface area (Å²) in [5, 5.41) is 18.4. The molecule has 1 aromatic heterocycles. The summed E-state index contributed by atoms with van der Waals surface area (Å²) < 4.78 is 5.99. The summed E-state index contributed by atoms with van der Waals surface area (Å²) in [6, 6.07) is 7.83. The Balaban J connectivity index is 1.36. The first-order chi connectivity index (χ1) is 21.1. The normalized spacial score (nSPS) is 33.1. The smallest absolute Gasteiger partial charge is 0.316 e. The second-order valence-corrected chi connectivity index (χ2v) is 12.8. The van der Waals surface area contributed by atoms with Crippen LogP contribution in [0.2, 0.25) is 0 Å². The maximum absolute atomic E-state index is 13.9. The minimum atomic E-state index is -1.01. The van der Waals surface area contributed by atoms with Crippen LogP contribution in [0.25, 0.3) is 17.0 Å². The van der Waals surface area contributed by atoms with Crippen LogP contribution < -0.4 is 16.1 Å². The van der Waals surface area contributed by atoms with Gasteiger partial charge in [0.25, 0.3) is 11.8 Å². The predicted molar refractivity (Wildman–Crippen MR) is 162 cm³/mol. The number of hydrogen-bond acceptors (Lipinski definition) is 8. The van der Waals surface area contributed by atoms with Gasteiger partial charge in [0, 0.05) is 17.8 Å². The van der Waals surface area contributed by atoms with Crippen LogP contribution in [0.5, 0.6) is 0 Å². The number of amides is 3. The van der Waals surface area contributed by atoms with E-state index in [0.29, 0.717) is 50.8 Å². The van der Waals surface area contributed by atoms with Crippen LogP contribution in [-0.2, 0) is 23.9 Å². The summed E-state index contributed by atoms with van der Waals surface area (Å²) in [5.74, 6) is -1.71. The highest BCUT2D eigenvalue weighted by molar-refractivity contribution is 5.92. The lowest BCUT2D eigenvalue weighted by Crippen LogP contribution is -2.61. The summed E-state index contributed by atoms with van der Waals surface area (Å²) in [7, 11) is 0. The molecule has 6 rings (SSSR count). The van der Waals surface area contributed by atoms with Crippen molar-refractivity contribution in [3.63, 3.8) is 0 Å². The van der Waals surface area contributed by atoms with Crippen molar-refractivity contribution in [1.29, 1.82) is 0 Å². The van der Waals surface area contributed by atoms with Gasteiger partial charge in [0.15, 0.2) is 6.10 Å². The molecule has 234 valence electrons. The molecule has 4 N–H and O–H groups in total. The molecule has 11 nitrogen and oxygen atoms in total. The van der Waals surface area contributed by atoms with Gasteiger partial charge in [0.2, 0.25) is 5.91 Å². The van der Waals surface area contributed by atoms with Crippen molar-refractivity contribution in [2.75, 3.05) is 6.54 Å². The first-order valence-electron chi connectivity index (χ1n) is 15.8. The summed E-state index contributed by atoms with van der Waals surface area (Å²) in [4.78, 5) is 58.8. The van der Waals surface area contributed by atoms with E-state index in [4.69, 9.17) is 9.72 Å². The van der Waals surface area contributed by atoms with Gasteiger partial charge in [-0.2, -0.15) is 0 Å². The van der Waals surface area contributed by atoms with Crippen LogP contribution in [0.4, 0.5) is 0 Å². The standard InChI is InChI=1S/C33H41N5O6/c1-19-25-10-9-22-6-5-21(18-27(22)36-25)11-14-33(15-12-24(39)13-16-33)32(43)44-28(23-7-8-23)30(41)35-20(2)31(42)38-17-3-4-26(37-38)29(40)34-19/h5-6,9-11,14,18-20,23-24,26,28,37,39H,3-4,7-8,12-13,15-17H2,1-2H3,(H,34,40)(H,35,41)/b14-11+/t19-,20+,24?,26+,28+,33?/m1/s1. The van der Waals surface area contributed by atoms with Gasteiger partial charge in [-0.25, -0.2) is 5.43 Å². The van der Waals surface area contributed by atoms with E-state index in [0.717, 1.165) is 29.3 Å². The molecule has 44 heavy (non-hydrogen) atoms. The van der Waals surface area contributed by atoms with Gasteiger partial charge in [-0.05, 0) is 82.9 Å². The lowest BCUT2D eigenvalue weighted by atomic mass is 9.72. The number of cyclic esters (lactones) is 1. The molecule has 2 saturated carbocycles. The van der Waals surface area contributed by atoms with E-state index in [1.54, 1.807) is 6.92 Å². The largest absolute Gasteiger partial charge is 0.451 e. The SMILES string of the molecule is C[C@@H]1NC(=O)[C@H](C2CC2)OC(=O)C2(/C=C/c3ccc4ccc(nc4c3)[C@@H](C)NC(=O)[C@@H]3CCCN(N3)C1=O)CCC(O)CC2. The second-order valence-electron chi connectivity index (χ2n) is 12.8. The molecule has 3 amide bonds. The maximum Gasteiger partial charge on any atom is 0.316 e. The number of nitrogens with one attached hydrogen (secondary N) is 3. The molecule has 0 radical (unpaired) electrons. The maximum atomic E-state index is 13.9. The fourth-order valence-corrected chi connectivity index (χ4v) is 6.42. The fraction of sp³-hybridized carbons (Fsp3) is 0.545. The van der Waals surface area contributed by atoms with Gasteiger partial charge in [0.05, 0.1) is 28.8 Å². The minimum Gasteiger partial charge on any atom is -0.451 e. The van der Waals surface area contributed by atoms with Crippen LogP contribution >= 0.6 is 0 Å². The summed E-state index contributed by atoms with van der Waals surface area (Å²) in [5.41, 5.74) is 4.34. The Hall–Kier alpha value is -3.83. The number of aliphatic hydroxyl groups is 1. The Morgan fingerprint density at radius 2 is 1.66 bits per heavy atom. The highest BCUT2D eigenvalue weighted by atomic mass is 16.6. The van der Waals surface area contributed by atoms with Crippen LogP contribution in [0.1, 0.15) is 82.5 Å². The third-order valence-electron chi connectivity index (χ3n) is 9.43. The number of esters is 1. The van der Waals surface area contributed by atoms with Gasteiger partial charge in [-0.1, -0.05) is 30.4 Å². The molecule has 4 atom stereocenters. The minimum absolute atomic E-state index is 0.109. The van der Waals surface area contributed by atoms with E-state index in [1.165, 1.54) is 5.01 Å². The molecule has 1 saturated heterocycles. The zero-order valence-electron chi connectivity index (χ0n) is 25.3. The molecule has 2 aliphatic carbocycles. The highest BCUT2D eigenvalue weighted by Crippen LogP contribution is 2.42. The topological polar surface area (TPSA) is 150 Å². The third-order valence-corrected chi connectivity index (χ3v) is 9.43. The molecule has 2 aliphatic heterocycles. The number of hydrogen-bond donors (Lipinski definition) is 4. The van der Waals surface area contributed by atoms with E-state index < -0.39 is 41.6 Å². The van der Waals surface area contributed by atoms with Gasteiger partial charge < -0.3 is 20.5 Å². The molecule has 11 heteroatoms. The third kappa shape index (κ3) is 6.34. The monoisotopic (exact) mass is 603 g/mol. The fourth-order valence-electron chi connectivity index (χ4n) is 6.42. The first-order valence-corrected chi connectivity index (χ1v) is 15.8. The van der Waals surface area contributed by atoms with Gasteiger partial charge in [0.1, 0.15) is 12.1 Å². The molecule has 0 unspecified atom stereocenters. The average molecular weight is 604 g/mol. The van der Waals surface area contributed by atoms with Crippen LogP contribution in [0.3, 0.4) is 0 Å². The van der Waals surface area contributed by atoms with E-state index in [2.05, 4.69) is 16.1 Å². The van der Waals surface area contributed by atoms with Crippen molar-refractivity contribution in [2.24, 2.45) is 11.3 Å². The van der Waals surface area contributed by atoms with E-state index in [1.807, 2.05) is 49.4 Å². The van der Waals surface area contributed by atoms with E-state index >= 15 is 0 Å². The van der Waals surface area contributed by atoms with Crippen molar-refractivity contribution in [2.45, 2.75) is 95.5 Å². The first kappa shape index (κ1) is 30.2. The van der Waals surface area contributed by atoms with Gasteiger partial charge in [-0.15, -0.1) is 0 Å². The number of carbonyl (C=O) groups is 4. The Morgan fingerprint density at radius 3 is 2.41 bits per heavy atom. The Bertz CT molecular complexity index is 1480. The Kier molecular flexibility index (Phi) is 8.43. The van der Waals surface area contributed by atoms with E-state index in [9.17, 15) is 24.3 Å². The number of aromatic nitrogens is 1. The van der Waals surface area contributed by atoms with Crippen LogP contribution in [0.15, 0.2) is 36.4 Å². The Morgan fingerprint density at radius 1 is 0.932 bits per heavy atom. The average Bonchev–Trinajstić information content (AvgIpc) is 3.87. The summed E-state index contributed by atoms with van der Waals surface area (Å²) in [6.07, 6.45) is 6.60. The summed E-state index contributed by atoms with van der Waals surface area (Å²) >= 11 is 0. The number of ether oxygens (including phenoxy) is 1. The van der Waals surface area contributed by atoms with Gasteiger partial charge >= 0.3 is 5.97 Å².